The maximum Gasteiger partial charge on any atom is -0.0105 e. The smallest absolute Gasteiger partial charge is 0.0105 e. The summed E-state index contributed by atoms with van der Waals surface area (Å²) >= 11 is 0. The maximum atomic E-state index is 3.26. The van der Waals surface area contributed by atoms with Crippen molar-refractivity contribution < 1.29 is 0 Å². The van der Waals surface area contributed by atoms with Crippen LogP contribution in [0.15, 0.2) is 84.9 Å². The molecule has 3 aromatic carbocycles. The summed E-state index contributed by atoms with van der Waals surface area (Å²) in [6.45, 7) is 0. The lowest BCUT2D eigenvalue weighted by Gasteiger charge is -2.08. The van der Waals surface area contributed by atoms with E-state index in [-0.39, 0.29) is 0 Å². The van der Waals surface area contributed by atoms with Gasteiger partial charge < -0.3 is 0 Å². The summed E-state index contributed by atoms with van der Waals surface area (Å²) in [6, 6.07) is 32.2. The van der Waals surface area contributed by atoms with Gasteiger partial charge in [0.05, 0.1) is 0 Å². The molecule has 0 aliphatic heterocycles. The van der Waals surface area contributed by atoms with Crippen molar-refractivity contribution in [1.29, 1.82) is 0 Å². The average molecular weight is 255 g/mol. The fourth-order valence-corrected chi connectivity index (χ4v) is 2.22. The van der Waals surface area contributed by atoms with Gasteiger partial charge in [0.2, 0.25) is 0 Å². The third-order valence-corrected chi connectivity index (χ3v) is 3.20. The van der Waals surface area contributed by atoms with Crippen LogP contribution < -0.4 is 0 Å². The van der Waals surface area contributed by atoms with Gasteiger partial charge in [0.1, 0.15) is 0 Å². The standard InChI is InChI=1S/C20H15/c1-4-10-17(11-5-1)16-20(18-12-6-2-7-13-18)19-14-8-3-9-15-19/h1-10,12-16H. The lowest BCUT2D eigenvalue weighted by Crippen LogP contribution is -1.87. The molecule has 0 aliphatic rings. The summed E-state index contributed by atoms with van der Waals surface area (Å²) in [7, 11) is 0. The lowest BCUT2D eigenvalue weighted by atomic mass is 9.96. The summed E-state index contributed by atoms with van der Waals surface area (Å²) in [5.74, 6) is 0. The fourth-order valence-electron chi connectivity index (χ4n) is 2.22. The van der Waals surface area contributed by atoms with Crippen molar-refractivity contribution in [3.63, 3.8) is 0 Å². The van der Waals surface area contributed by atoms with Crippen LogP contribution in [0.25, 0.3) is 11.6 Å². The molecule has 0 N–H and O–H groups in total. The molecule has 0 heteroatoms. The van der Waals surface area contributed by atoms with Crippen molar-refractivity contribution in [2.24, 2.45) is 0 Å². The molecule has 0 aromatic heterocycles. The second-order valence-corrected chi connectivity index (χ2v) is 4.61. The minimum Gasteiger partial charge on any atom is -0.0622 e. The predicted molar refractivity (Wildman–Crippen MR) is 85.1 cm³/mol. The van der Waals surface area contributed by atoms with Crippen LogP contribution in [-0.4, -0.2) is 0 Å². The van der Waals surface area contributed by atoms with Crippen molar-refractivity contribution in [3.8, 4) is 0 Å². The van der Waals surface area contributed by atoms with Gasteiger partial charge in [-0.2, -0.15) is 0 Å². The van der Waals surface area contributed by atoms with E-state index >= 15 is 0 Å². The molecule has 0 aliphatic carbocycles. The first-order valence-corrected chi connectivity index (χ1v) is 6.73. The van der Waals surface area contributed by atoms with Crippen LogP contribution in [0.5, 0.6) is 0 Å². The van der Waals surface area contributed by atoms with Crippen LogP contribution in [-0.2, 0) is 0 Å². The molecule has 0 atom stereocenters. The molecule has 0 saturated carbocycles. The van der Waals surface area contributed by atoms with Crippen LogP contribution in [0, 0.1) is 6.07 Å². The Morgan fingerprint density at radius 3 is 1.70 bits per heavy atom. The first-order valence-electron chi connectivity index (χ1n) is 6.73. The third-order valence-electron chi connectivity index (χ3n) is 3.20. The fraction of sp³-hybridized carbons (Fsp3) is 0. The molecular formula is C20H15. The van der Waals surface area contributed by atoms with Gasteiger partial charge in [0, 0.05) is 0 Å². The predicted octanol–water partition coefficient (Wildman–Crippen LogP) is 5.08. The zero-order chi connectivity index (χ0) is 13.6. The average Bonchev–Trinajstić information content (AvgIpc) is 2.55. The number of hydrogen-bond donors (Lipinski definition) is 0. The lowest BCUT2D eigenvalue weighted by molar-refractivity contribution is 1.55. The summed E-state index contributed by atoms with van der Waals surface area (Å²) in [5.41, 5.74) is 4.75. The molecule has 0 amide bonds. The Hall–Kier alpha value is -2.60. The van der Waals surface area contributed by atoms with E-state index in [2.05, 4.69) is 66.7 Å². The zero-order valence-electron chi connectivity index (χ0n) is 11.2. The van der Waals surface area contributed by atoms with Gasteiger partial charge >= 0.3 is 0 Å². The molecular weight excluding hydrogens is 240 g/mol. The quantitative estimate of drug-likeness (QED) is 0.573. The minimum atomic E-state index is 1.09. The highest BCUT2D eigenvalue weighted by atomic mass is 14.1. The molecule has 0 nitrogen and oxygen atoms in total. The van der Waals surface area contributed by atoms with Crippen molar-refractivity contribution in [3.05, 3.63) is 108 Å². The third kappa shape index (κ3) is 2.86. The highest BCUT2D eigenvalue weighted by Crippen LogP contribution is 2.25. The molecule has 20 heavy (non-hydrogen) atoms. The Morgan fingerprint density at radius 2 is 1.20 bits per heavy atom. The van der Waals surface area contributed by atoms with E-state index < -0.39 is 0 Å². The maximum absolute atomic E-state index is 3.26. The van der Waals surface area contributed by atoms with E-state index in [4.69, 9.17) is 0 Å². The SMILES string of the molecule is [c]1ccccc1C=C(c1ccccc1)c1ccccc1. The van der Waals surface area contributed by atoms with Crippen LogP contribution in [0.1, 0.15) is 16.7 Å². The number of rotatable bonds is 3. The van der Waals surface area contributed by atoms with Gasteiger partial charge in [0.25, 0.3) is 0 Å². The largest absolute Gasteiger partial charge is 0.0622 e. The van der Waals surface area contributed by atoms with E-state index in [1.807, 2.05) is 30.3 Å². The van der Waals surface area contributed by atoms with Crippen LogP contribution >= 0.6 is 0 Å². The molecule has 0 unspecified atom stereocenters. The number of hydrogen-bond acceptors (Lipinski definition) is 0. The zero-order valence-corrected chi connectivity index (χ0v) is 11.2. The van der Waals surface area contributed by atoms with E-state index in [0.29, 0.717) is 0 Å². The van der Waals surface area contributed by atoms with E-state index in [1.54, 1.807) is 0 Å². The van der Waals surface area contributed by atoms with Gasteiger partial charge in [0.15, 0.2) is 0 Å². The van der Waals surface area contributed by atoms with Crippen molar-refractivity contribution in [2.75, 3.05) is 0 Å². The molecule has 0 heterocycles. The Labute approximate surface area is 120 Å². The summed E-state index contributed by atoms with van der Waals surface area (Å²) in [4.78, 5) is 0. The van der Waals surface area contributed by atoms with Crippen molar-refractivity contribution in [2.45, 2.75) is 0 Å². The van der Waals surface area contributed by atoms with Gasteiger partial charge in [-0.15, -0.1) is 0 Å². The molecule has 3 aromatic rings. The Bertz CT molecular complexity index is 638. The molecule has 0 saturated heterocycles. The summed E-state index contributed by atoms with van der Waals surface area (Å²) in [6.07, 6.45) is 2.19. The van der Waals surface area contributed by atoms with Crippen LogP contribution in [0.4, 0.5) is 0 Å². The van der Waals surface area contributed by atoms with E-state index in [0.717, 1.165) is 5.56 Å². The van der Waals surface area contributed by atoms with Crippen LogP contribution in [0.3, 0.4) is 0 Å². The monoisotopic (exact) mass is 255 g/mol. The van der Waals surface area contributed by atoms with Crippen LogP contribution in [0.2, 0.25) is 0 Å². The van der Waals surface area contributed by atoms with Gasteiger partial charge in [-0.1, -0.05) is 84.9 Å². The van der Waals surface area contributed by atoms with Gasteiger partial charge in [-0.05, 0) is 34.4 Å². The van der Waals surface area contributed by atoms with Crippen molar-refractivity contribution >= 4 is 11.6 Å². The van der Waals surface area contributed by atoms with Crippen molar-refractivity contribution in [1.82, 2.24) is 0 Å². The second kappa shape index (κ2) is 6.03. The summed E-state index contributed by atoms with van der Waals surface area (Å²) in [5, 5.41) is 0. The molecule has 1 radical (unpaired) electrons. The Balaban J connectivity index is 2.12. The first-order chi connectivity index (χ1) is 9.93. The Kier molecular flexibility index (Phi) is 3.75. The normalized spacial score (nSPS) is 10.0. The second-order valence-electron chi connectivity index (χ2n) is 4.61. The highest BCUT2D eigenvalue weighted by molar-refractivity contribution is 5.91. The molecule has 95 valence electrons. The minimum absolute atomic E-state index is 1.09. The van der Waals surface area contributed by atoms with E-state index in [9.17, 15) is 0 Å². The first kappa shape index (κ1) is 12.4. The number of benzene rings is 3. The highest BCUT2D eigenvalue weighted by Gasteiger charge is 2.04. The van der Waals surface area contributed by atoms with Gasteiger partial charge in [-0.25, -0.2) is 0 Å². The summed E-state index contributed by atoms with van der Waals surface area (Å²) < 4.78 is 0. The molecule has 0 fully saturated rings. The topological polar surface area (TPSA) is 0 Å². The Morgan fingerprint density at radius 1 is 0.650 bits per heavy atom. The van der Waals surface area contributed by atoms with Gasteiger partial charge in [-0.3, -0.25) is 0 Å². The molecule has 0 spiro atoms. The van der Waals surface area contributed by atoms with E-state index in [1.165, 1.54) is 16.7 Å². The molecule has 0 bridgehead atoms. The molecule has 3 rings (SSSR count).